The molecule has 354 valence electrons. The predicted octanol–water partition coefficient (Wildman–Crippen LogP) is 17.9. The Morgan fingerprint density at radius 2 is 1.27 bits per heavy atom. The number of rotatable bonds is 7. The maximum Gasteiger partial charge on any atom is 2.00 e. The molecule has 1 aromatic heterocycles. The van der Waals surface area contributed by atoms with Gasteiger partial charge in [-0.2, -0.15) is 0 Å². The molecule has 0 unspecified atom stereocenters. The molecule has 0 atom stereocenters. The molecule has 0 radical (unpaired) electrons. The standard InChI is InChI=1S/C33H43O.C29H28N.C2H6.Pt/c1-22(27-20-26(32(5,6)7)21-29(30(27)34)33(8,9)10)18-24-16-17-25(31(2,3)4)19-28(24)23-14-12-11-13-15-23;1-20-10-9-13-27(21(20)2)24-16-25(18-26(17-24)29(3,4)5)28-19-23(14-15-30-28)22-11-7-6-8-12-22;1-2;/h1,11-12,14,16-17,19-21,34H,13,15,18H2,2-10H3;6-15,17-19H,1-5H3;1-2H3;/q2*-1;;+2. The fourth-order valence-corrected chi connectivity index (χ4v) is 8.22. The molecule has 1 aliphatic rings. The Kier molecular flexibility index (Phi) is 18.2. The number of benzene rings is 5. The number of nitrogens with zero attached hydrogens (tertiary/aromatic N) is 1. The molecule has 2 nitrogen and oxygen atoms in total. The van der Waals surface area contributed by atoms with Crippen molar-refractivity contribution >= 4 is 11.1 Å². The molecule has 1 N–H and O–H groups in total. The van der Waals surface area contributed by atoms with Crippen LogP contribution in [0.4, 0.5) is 0 Å². The maximum atomic E-state index is 11.3. The van der Waals surface area contributed by atoms with Crippen LogP contribution < -0.4 is 0 Å². The van der Waals surface area contributed by atoms with Crippen molar-refractivity contribution in [3.05, 3.63) is 190 Å². The van der Waals surface area contributed by atoms with E-state index in [-0.39, 0.29) is 42.7 Å². The molecule has 3 heteroatoms. The van der Waals surface area contributed by atoms with Crippen LogP contribution in [0.3, 0.4) is 0 Å². The second-order valence-corrected chi connectivity index (χ2v) is 21.9. The molecule has 0 saturated carbocycles. The molecule has 1 heterocycles. The number of hydrogen-bond donors (Lipinski definition) is 1. The zero-order valence-corrected chi connectivity index (χ0v) is 45.8. The third-order valence-electron chi connectivity index (χ3n) is 12.6. The van der Waals surface area contributed by atoms with Crippen LogP contribution in [0.2, 0.25) is 0 Å². The molecule has 0 aliphatic heterocycles. The van der Waals surface area contributed by atoms with Gasteiger partial charge in [0.05, 0.1) is 0 Å². The van der Waals surface area contributed by atoms with Gasteiger partial charge in [0.15, 0.2) is 0 Å². The molecule has 0 amide bonds. The molecule has 1 aliphatic carbocycles. The summed E-state index contributed by atoms with van der Waals surface area (Å²) in [5.74, 6) is 0.311. The molecule has 0 fully saturated rings. The van der Waals surface area contributed by atoms with E-state index in [1.807, 2.05) is 26.1 Å². The number of pyridine rings is 1. The molecule has 67 heavy (non-hydrogen) atoms. The number of hydrogen-bond acceptors (Lipinski definition) is 2. The Morgan fingerprint density at radius 3 is 1.87 bits per heavy atom. The minimum Gasteiger partial charge on any atom is -0.526 e. The fourth-order valence-electron chi connectivity index (χ4n) is 8.22. The molecular weight excluding hydrogens is 994 g/mol. The first-order valence-corrected chi connectivity index (χ1v) is 24.1. The van der Waals surface area contributed by atoms with Gasteiger partial charge in [-0.3, -0.25) is 11.6 Å². The zero-order valence-electron chi connectivity index (χ0n) is 43.5. The quantitative estimate of drug-likeness (QED) is 0.162. The van der Waals surface area contributed by atoms with Crippen LogP contribution >= 0.6 is 0 Å². The number of aromatic hydroxyl groups is 1. The van der Waals surface area contributed by atoms with Crippen LogP contribution in [0.5, 0.6) is 5.75 Å². The number of phenols is 1. The summed E-state index contributed by atoms with van der Waals surface area (Å²) in [7, 11) is 0. The Morgan fingerprint density at radius 1 is 0.642 bits per heavy atom. The van der Waals surface area contributed by atoms with Gasteiger partial charge in [0, 0.05) is 17.6 Å². The molecular formula is C64H77NOPt. The van der Waals surface area contributed by atoms with Crippen molar-refractivity contribution in [3.63, 3.8) is 0 Å². The second-order valence-electron chi connectivity index (χ2n) is 21.9. The second kappa shape index (κ2) is 22.4. The van der Waals surface area contributed by atoms with Crippen molar-refractivity contribution in [1.29, 1.82) is 0 Å². The fraction of sp³-hybridized carbons (Fsp3) is 0.359. The van der Waals surface area contributed by atoms with Gasteiger partial charge in [-0.15, -0.1) is 41.0 Å². The SMILES string of the molecule is CC.Cc1cccc(-c2[c-]c(-c3cc(-c4ccccc4)ccn3)cc(C(C)(C)C)c2)c1C.[CH-]=C(Cc1ccc(C(C)(C)C)cc1C1=CC=CCC1)c1cc(C(C)(C)C)cc(C(C)(C)C)c1O.[Pt+2]. The summed E-state index contributed by atoms with van der Waals surface area (Å²) >= 11 is 0. The summed E-state index contributed by atoms with van der Waals surface area (Å²) in [6.45, 7) is 41.7. The molecule has 0 saturated heterocycles. The van der Waals surface area contributed by atoms with Gasteiger partial charge in [0.1, 0.15) is 0 Å². The van der Waals surface area contributed by atoms with E-state index < -0.39 is 0 Å². The first-order chi connectivity index (χ1) is 30.9. The molecule has 6 aromatic rings. The van der Waals surface area contributed by atoms with E-state index in [0.717, 1.165) is 40.8 Å². The molecule has 7 rings (SSSR count). The summed E-state index contributed by atoms with van der Waals surface area (Å²) < 4.78 is 0. The third kappa shape index (κ3) is 13.8. The van der Waals surface area contributed by atoms with E-state index in [1.165, 1.54) is 61.2 Å². The number of allylic oxidation sites excluding steroid dienone is 5. The number of aromatic nitrogens is 1. The van der Waals surface area contributed by atoms with Gasteiger partial charge in [0.25, 0.3) is 0 Å². The van der Waals surface area contributed by atoms with E-state index >= 15 is 0 Å². The van der Waals surface area contributed by atoms with Crippen molar-refractivity contribution in [3.8, 4) is 39.3 Å². The molecule has 0 bridgehead atoms. The van der Waals surface area contributed by atoms with Crippen molar-refractivity contribution in [1.82, 2.24) is 4.98 Å². The van der Waals surface area contributed by atoms with Crippen molar-refractivity contribution < 1.29 is 26.2 Å². The van der Waals surface area contributed by atoms with E-state index in [1.54, 1.807) is 0 Å². The Balaban J connectivity index is 0.000000280. The van der Waals surface area contributed by atoms with Crippen LogP contribution in [-0.2, 0) is 49.1 Å². The Hall–Kier alpha value is -5.04. The normalized spacial score (nSPS) is 12.7. The summed E-state index contributed by atoms with van der Waals surface area (Å²) in [4.78, 5) is 4.70. The van der Waals surface area contributed by atoms with E-state index in [0.29, 0.717) is 17.7 Å². The van der Waals surface area contributed by atoms with Crippen LogP contribution in [-0.4, -0.2) is 10.1 Å². The minimum atomic E-state index is -0.181. The summed E-state index contributed by atoms with van der Waals surface area (Å²) in [6, 6.07) is 40.4. The molecule has 0 spiro atoms. The summed E-state index contributed by atoms with van der Waals surface area (Å²) in [5.41, 5.74) is 19.3. The van der Waals surface area contributed by atoms with Crippen LogP contribution in [0, 0.1) is 26.5 Å². The smallest absolute Gasteiger partial charge is 0.526 e. The first-order valence-electron chi connectivity index (χ1n) is 24.1. The van der Waals surface area contributed by atoms with Crippen molar-refractivity contribution in [2.24, 2.45) is 0 Å². The third-order valence-corrected chi connectivity index (χ3v) is 12.6. The van der Waals surface area contributed by atoms with Gasteiger partial charge in [-0.05, 0) is 99.8 Å². The van der Waals surface area contributed by atoms with E-state index in [2.05, 4.69) is 218 Å². The Bertz CT molecular complexity index is 2700. The topological polar surface area (TPSA) is 33.1 Å². The van der Waals surface area contributed by atoms with Crippen LogP contribution in [0.1, 0.15) is 160 Å². The Labute approximate surface area is 421 Å². The van der Waals surface area contributed by atoms with Gasteiger partial charge < -0.3 is 5.11 Å². The monoisotopic (exact) mass is 1070 g/mol. The average molecular weight is 1070 g/mol. The largest absolute Gasteiger partial charge is 2.00 e. The van der Waals surface area contributed by atoms with Crippen molar-refractivity contribution in [2.75, 3.05) is 0 Å². The van der Waals surface area contributed by atoms with Gasteiger partial charge >= 0.3 is 21.1 Å². The van der Waals surface area contributed by atoms with Gasteiger partial charge in [-0.25, -0.2) is 5.57 Å². The minimum absolute atomic E-state index is 0. The average Bonchev–Trinajstić information content (AvgIpc) is 3.27. The van der Waals surface area contributed by atoms with E-state index in [4.69, 9.17) is 11.6 Å². The van der Waals surface area contributed by atoms with E-state index in [9.17, 15) is 5.11 Å². The van der Waals surface area contributed by atoms with Crippen molar-refractivity contribution in [2.45, 2.75) is 152 Å². The van der Waals surface area contributed by atoms with Crippen LogP contribution in [0.25, 0.3) is 44.7 Å². The number of aryl methyl sites for hydroxylation is 1. The molecule has 5 aromatic carbocycles. The zero-order chi connectivity index (χ0) is 48.8. The van der Waals surface area contributed by atoms with Crippen LogP contribution in [0.15, 0.2) is 128 Å². The maximum absolute atomic E-state index is 11.3. The van der Waals surface area contributed by atoms with Gasteiger partial charge in [-0.1, -0.05) is 222 Å². The summed E-state index contributed by atoms with van der Waals surface area (Å²) in [5, 5.41) is 11.3. The predicted molar refractivity (Wildman–Crippen MR) is 287 cm³/mol. The number of phenolic OH excluding ortho intramolecular Hbond substituents is 1. The summed E-state index contributed by atoms with van der Waals surface area (Å²) in [6.07, 6.45) is 11.2. The van der Waals surface area contributed by atoms with Gasteiger partial charge in [0.2, 0.25) is 0 Å². The first kappa shape index (κ1) is 54.6.